The zero-order valence-electron chi connectivity index (χ0n) is 11.7. The van der Waals surface area contributed by atoms with E-state index in [4.69, 9.17) is 10.5 Å². The van der Waals surface area contributed by atoms with E-state index >= 15 is 0 Å². The predicted molar refractivity (Wildman–Crippen MR) is 81.2 cm³/mol. The highest BCUT2D eigenvalue weighted by molar-refractivity contribution is 6.07. The average Bonchev–Trinajstić information content (AvgIpc) is 2.49. The molecule has 0 aliphatic rings. The summed E-state index contributed by atoms with van der Waals surface area (Å²) in [5.74, 6) is 0.487. The van der Waals surface area contributed by atoms with Crippen LogP contribution in [0.1, 0.15) is 17.3 Å². The van der Waals surface area contributed by atoms with Gasteiger partial charge in [0.25, 0.3) is 5.91 Å². The van der Waals surface area contributed by atoms with Crippen LogP contribution >= 0.6 is 0 Å². The Balaban J connectivity index is 2.36. The van der Waals surface area contributed by atoms with Gasteiger partial charge in [0.1, 0.15) is 5.75 Å². The summed E-state index contributed by atoms with van der Waals surface area (Å²) in [6.45, 7) is 2.50. The van der Waals surface area contributed by atoms with Gasteiger partial charge in [-0.2, -0.15) is 0 Å². The van der Waals surface area contributed by atoms with E-state index in [1.165, 1.54) is 0 Å². The number of para-hydroxylation sites is 1. The summed E-state index contributed by atoms with van der Waals surface area (Å²) in [7, 11) is 1.56. The third kappa shape index (κ3) is 2.74. The Morgan fingerprint density at radius 3 is 2.40 bits per heavy atom. The lowest BCUT2D eigenvalue weighted by molar-refractivity contribution is 0.0985. The first-order chi connectivity index (χ1) is 9.67. The van der Waals surface area contributed by atoms with Crippen molar-refractivity contribution in [1.82, 2.24) is 0 Å². The molecule has 0 heterocycles. The molecule has 20 heavy (non-hydrogen) atoms. The molecule has 0 unspecified atom stereocenters. The lowest BCUT2D eigenvalue weighted by atomic mass is 10.1. The molecule has 0 spiro atoms. The number of nitrogens with zero attached hydrogens (tertiary/aromatic N) is 1. The Hall–Kier alpha value is -2.49. The van der Waals surface area contributed by atoms with Gasteiger partial charge < -0.3 is 15.4 Å². The summed E-state index contributed by atoms with van der Waals surface area (Å²) in [5, 5.41) is 0. The van der Waals surface area contributed by atoms with Crippen LogP contribution in [0.4, 0.5) is 11.4 Å². The van der Waals surface area contributed by atoms with Crippen molar-refractivity contribution in [3.05, 3.63) is 54.1 Å². The Labute approximate surface area is 118 Å². The molecule has 0 aromatic heterocycles. The summed E-state index contributed by atoms with van der Waals surface area (Å²) >= 11 is 0. The van der Waals surface area contributed by atoms with Gasteiger partial charge >= 0.3 is 0 Å². The molecule has 0 saturated carbocycles. The number of amides is 1. The molecule has 2 N–H and O–H groups in total. The quantitative estimate of drug-likeness (QED) is 0.869. The third-order valence-corrected chi connectivity index (χ3v) is 3.10. The number of nitrogens with two attached hydrogens (primary N) is 1. The number of benzene rings is 2. The first-order valence-corrected chi connectivity index (χ1v) is 6.47. The van der Waals surface area contributed by atoms with Crippen molar-refractivity contribution in [2.45, 2.75) is 6.92 Å². The van der Waals surface area contributed by atoms with E-state index in [0.717, 1.165) is 5.69 Å². The fourth-order valence-corrected chi connectivity index (χ4v) is 2.06. The number of methoxy groups -OCH3 is 1. The first-order valence-electron chi connectivity index (χ1n) is 6.47. The Bertz CT molecular complexity index is 594. The van der Waals surface area contributed by atoms with Crippen LogP contribution in [0.3, 0.4) is 0 Å². The molecule has 4 heteroatoms. The van der Waals surface area contributed by atoms with E-state index in [1.54, 1.807) is 36.3 Å². The van der Waals surface area contributed by atoms with E-state index in [-0.39, 0.29) is 5.91 Å². The topological polar surface area (TPSA) is 55.6 Å². The van der Waals surface area contributed by atoms with Gasteiger partial charge in [-0.1, -0.05) is 12.1 Å². The maximum atomic E-state index is 12.7. The molecule has 2 aromatic carbocycles. The van der Waals surface area contributed by atoms with E-state index in [0.29, 0.717) is 23.5 Å². The third-order valence-electron chi connectivity index (χ3n) is 3.10. The fraction of sp³-hybridized carbons (Fsp3) is 0.188. The second kappa shape index (κ2) is 6.10. The molecular weight excluding hydrogens is 252 g/mol. The lowest BCUT2D eigenvalue weighted by Crippen LogP contribution is -2.30. The number of ether oxygens (including phenoxy) is 1. The molecule has 1 amide bonds. The number of rotatable bonds is 4. The maximum absolute atomic E-state index is 12.7. The lowest BCUT2D eigenvalue weighted by Gasteiger charge is -2.22. The highest BCUT2D eigenvalue weighted by atomic mass is 16.5. The molecule has 0 saturated heterocycles. The van der Waals surface area contributed by atoms with Crippen LogP contribution in [0, 0.1) is 0 Å². The smallest absolute Gasteiger partial charge is 0.262 e. The van der Waals surface area contributed by atoms with Crippen molar-refractivity contribution >= 4 is 17.3 Å². The Morgan fingerprint density at radius 1 is 1.15 bits per heavy atom. The minimum Gasteiger partial charge on any atom is -0.496 e. The number of carbonyl (C=O) groups is 1. The van der Waals surface area contributed by atoms with Gasteiger partial charge in [0.2, 0.25) is 0 Å². The van der Waals surface area contributed by atoms with Gasteiger partial charge in [-0.25, -0.2) is 0 Å². The van der Waals surface area contributed by atoms with Crippen molar-refractivity contribution in [2.75, 3.05) is 24.3 Å². The molecule has 2 aromatic rings. The van der Waals surface area contributed by atoms with Crippen LogP contribution in [0.15, 0.2) is 48.5 Å². The van der Waals surface area contributed by atoms with Gasteiger partial charge in [-0.05, 0) is 43.3 Å². The van der Waals surface area contributed by atoms with Crippen LogP contribution in [-0.2, 0) is 0 Å². The Morgan fingerprint density at radius 2 is 1.80 bits per heavy atom. The molecular formula is C16H18N2O2. The highest BCUT2D eigenvalue weighted by Gasteiger charge is 2.19. The number of carbonyl (C=O) groups excluding carboxylic acids is 1. The molecule has 4 nitrogen and oxygen atoms in total. The normalized spacial score (nSPS) is 10.1. The summed E-state index contributed by atoms with van der Waals surface area (Å²) < 4.78 is 5.25. The molecule has 0 aliphatic carbocycles. The maximum Gasteiger partial charge on any atom is 0.262 e. The molecule has 0 aliphatic heterocycles. The molecule has 104 valence electrons. The van der Waals surface area contributed by atoms with Crippen molar-refractivity contribution in [2.24, 2.45) is 0 Å². The van der Waals surface area contributed by atoms with Crippen LogP contribution < -0.4 is 15.4 Å². The number of nitrogen functional groups attached to an aromatic ring is 1. The molecule has 0 fully saturated rings. The van der Waals surface area contributed by atoms with Crippen LogP contribution in [0.25, 0.3) is 0 Å². The summed E-state index contributed by atoms with van der Waals surface area (Å²) in [5.41, 5.74) is 7.72. The molecule has 0 atom stereocenters. The second-order valence-corrected chi connectivity index (χ2v) is 4.34. The SMILES string of the molecule is CCN(C(=O)c1ccccc1OC)c1ccc(N)cc1. The van der Waals surface area contributed by atoms with Crippen LogP contribution in [-0.4, -0.2) is 19.6 Å². The number of anilines is 2. The van der Waals surface area contributed by atoms with E-state index < -0.39 is 0 Å². The summed E-state index contributed by atoms with van der Waals surface area (Å²) in [6, 6.07) is 14.5. The molecule has 0 radical (unpaired) electrons. The van der Waals surface area contributed by atoms with Gasteiger partial charge in [-0.15, -0.1) is 0 Å². The summed E-state index contributed by atoms with van der Waals surface area (Å²) in [6.07, 6.45) is 0. The van der Waals surface area contributed by atoms with Crippen molar-refractivity contribution in [3.63, 3.8) is 0 Å². The molecule has 2 rings (SSSR count). The van der Waals surface area contributed by atoms with Gasteiger partial charge in [0.15, 0.2) is 0 Å². The minimum absolute atomic E-state index is 0.0882. The fourth-order valence-electron chi connectivity index (χ4n) is 2.06. The zero-order valence-corrected chi connectivity index (χ0v) is 11.7. The van der Waals surface area contributed by atoms with E-state index in [1.807, 2.05) is 31.2 Å². The van der Waals surface area contributed by atoms with Crippen LogP contribution in [0.2, 0.25) is 0 Å². The number of hydrogen-bond acceptors (Lipinski definition) is 3. The van der Waals surface area contributed by atoms with E-state index in [9.17, 15) is 4.79 Å². The Kier molecular flexibility index (Phi) is 4.25. The minimum atomic E-state index is -0.0882. The second-order valence-electron chi connectivity index (χ2n) is 4.34. The zero-order chi connectivity index (χ0) is 14.5. The average molecular weight is 270 g/mol. The van der Waals surface area contributed by atoms with Crippen molar-refractivity contribution in [3.8, 4) is 5.75 Å². The monoisotopic (exact) mass is 270 g/mol. The summed E-state index contributed by atoms with van der Waals surface area (Å²) in [4.78, 5) is 14.3. The van der Waals surface area contributed by atoms with Gasteiger partial charge in [0, 0.05) is 17.9 Å². The van der Waals surface area contributed by atoms with E-state index in [2.05, 4.69) is 0 Å². The largest absolute Gasteiger partial charge is 0.496 e. The van der Waals surface area contributed by atoms with Crippen LogP contribution in [0.5, 0.6) is 5.75 Å². The van der Waals surface area contributed by atoms with Crippen molar-refractivity contribution < 1.29 is 9.53 Å². The molecule has 0 bridgehead atoms. The van der Waals surface area contributed by atoms with Gasteiger partial charge in [-0.3, -0.25) is 4.79 Å². The van der Waals surface area contributed by atoms with Gasteiger partial charge in [0.05, 0.1) is 12.7 Å². The number of hydrogen-bond donors (Lipinski definition) is 1. The highest BCUT2D eigenvalue weighted by Crippen LogP contribution is 2.23. The standard InChI is InChI=1S/C16H18N2O2/c1-3-18(13-10-8-12(17)9-11-13)16(19)14-6-4-5-7-15(14)20-2/h4-11H,3,17H2,1-2H3. The first kappa shape index (κ1) is 13.9. The van der Waals surface area contributed by atoms with Crippen molar-refractivity contribution in [1.29, 1.82) is 0 Å². The predicted octanol–water partition coefficient (Wildman–Crippen LogP) is 2.94.